The van der Waals surface area contributed by atoms with E-state index in [0.717, 1.165) is 11.7 Å². The quantitative estimate of drug-likeness (QED) is 0.882. The molecule has 0 aliphatic carbocycles. The minimum absolute atomic E-state index is 0.163. The van der Waals surface area contributed by atoms with Crippen LogP contribution < -0.4 is 5.32 Å². The zero-order valence-corrected chi connectivity index (χ0v) is 12.0. The molecular formula is C11H14N4O2S2. The van der Waals surface area contributed by atoms with Crippen LogP contribution in [0.4, 0.5) is 0 Å². The molecule has 0 amide bonds. The molecule has 0 radical (unpaired) electrons. The zero-order chi connectivity index (χ0) is 13.5. The zero-order valence-electron chi connectivity index (χ0n) is 10.4. The van der Waals surface area contributed by atoms with Gasteiger partial charge in [0, 0.05) is 25.7 Å². The van der Waals surface area contributed by atoms with Gasteiger partial charge in [-0.1, -0.05) is 6.07 Å². The number of hydrogen-bond donors (Lipinski definition) is 1. The molecule has 0 saturated carbocycles. The van der Waals surface area contributed by atoms with E-state index in [2.05, 4.69) is 14.1 Å². The van der Waals surface area contributed by atoms with E-state index in [-0.39, 0.29) is 10.9 Å². The van der Waals surface area contributed by atoms with Crippen molar-refractivity contribution in [3.63, 3.8) is 0 Å². The van der Waals surface area contributed by atoms with Gasteiger partial charge in [0.25, 0.3) is 0 Å². The molecule has 2 aromatic rings. The average molecular weight is 298 g/mol. The summed E-state index contributed by atoms with van der Waals surface area (Å²) in [5.74, 6) is 0. The standard InChI is InChI=1S/C11H14N4O2S2/c1-8-7-15(6-5-12-8)19(16,17)10-4-2-3-9-11(10)14-18-13-9/h2-4,8,12H,5-7H2,1H3/t8-/m1/s1. The molecule has 6 nitrogen and oxygen atoms in total. The monoisotopic (exact) mass is 298 g/mol. The minimum atomic E-state index is -3.49. The van der Waals surface area contributed by atoms with Crippen LogP contribution in [0, 0.1) is 0 Å². The lowest BCUT2D eigenvalue weighted by Gasteiger charge is -2.30. The molecule has 1 aliphatic rings. The first-order valence-corrected chi connectivity index (χ1v) is 8.21. The molecule has 0 unspecified atom stereocenters. The molecule has 1 N–H and O–H groups in total. The van der Waals surface area contributed by atoms with E-state index < -0.39 is 10.0 Å². The van der Waals surface area contributed by atoms with Crippen molar-refractivity contribution in [3.8, 4) is 0 Å². The molecule has 1 aliphatic heterocycles. The van der Waals surface area contributed by atoms with Crippen LogP contribution in [0.2, 0.25) is 0 Å². The maximum atomic E-state index is 12.7. The van der Waals surface area contributed by atoms with E-state index in [1.54, 1.807) is 18.2 Å². The van der Waals surface area contributed by atoms with E-state index in [1.807, 2.05) is 6.92 Å². The normalized spacial score (nSPS) is 21.8. The van der Waals surface area contributed by atoms with E-state index in [0.29, 0.717) is 30.7 Å². The van der Waals surface area contributed by atoms with Gasteiger partial charge in [-0.3, -0.25) is 0 Å². The van der Waals surface area contributed by atoms with Gasteiger partial charge in [0.1, 0.15) is 15.9 Å². The number of aromatic nitrogens is 2. The summed E-state index contributed by atoms with van der Waals surface area (Å²) in [4.78, 5) is 0.257. The van der Waals surface area contributed by atoms with Gasteiger partial charge in [-0.15, -0.1) is 0 Å². The second-order valence-electron chi connectivity index (χ2n) is 4.61. The fourth-order valence-electron chi connectivity index (χ4n) is 2.24. The van der Waals surface area contributed by atoms with Crippen molar-refractivity contribution in [2.75, 3.05) is 19.6 Å². The van der Waals surface area contributed by atoms with Gasteiger partial charge in [-0.25, -0.2) is 8.42 Å². The second-order valence-corrected chi connectivity index (χ2v) is 7.04. The fraction of sp³-hybridized carbons (Fsp3) is 0.455. The van der Waals surface area contributed by atoms with E-state index >= 15 is 0 Å². The van der Waals surface area contributed by atoms with Crippen LogP contribution in [0.25, 0.3) is 11.0 Å². The predicted molar refractivity (Wildman–Crippen MR) is 73.6 cm³/mol. The summed E-state index contributed by atoms with van der Waals surface area (Å²) < 4.78 is 35.1. The number of sulfonamides is 1. The van der Waals surface area contributed by atoms with Crippen molar-refractivity contribution in [2.24, 2.45) is 0 Å². The maximum absolute atomic E-state index is 12.7. The molecule has 2 heterocycles. The average Bonchev–Trinajstić information content (AvgIpc) is 2.86. The topological polar surface area (TPSA) is 75.2 Å². The van der Waals surface area contributed by atoms with Gasteiger partial charge >= 0.3 is 0 Å². The Morgan fingerprint density at radius 1 is 1.42 bits per heavy atom. The third kappa shape index (κ3) is 2.25. The molecule has 1 aromatic heterocycles. The van der Waals surface area contributed by atoms with Crippen molar-refractivity contribution in [1.29, 1.82) is 0 Å². The molecule has 1 fully saturated rings. The first-order valence-electron chi connectivity index (χ1n) is 6.04. The van der Waals surface area contributed by atoms with Crippen molar-refractivity contribution in [3.05, 3.63) is 18.2 Å². The van der Waals surface area contributed by atoms with Crippen molar-refractivity contribution < 1.29 is 8.42 Å². The number of nitrogens with one attached hydrogen (secondary N) is 1. The molecule has 0 bridgehead atoms. The first-order chi connectivity index (χ1) is 9.09. The molecule has 8 heteroatoms. The number of nitrogens with zero attached hydrogens (tertiary/aromatic N) is 3. The Morgan fingerprint density at radius 3 is 3.05 bits per heavy atom. The minimum Gasteiger partial charge on any atom is -0.312 e. The Balaban J connectivity index is 2.06. The SMILES string of the molecule is C[C@@H]1CN(S(=O)(=O)c2cccc3nsnc23)CCN1. The number of piperazine rings is 1. The second kappa shape index (κ2) is 4.78. The largest absolute Gasteiger partial charge is 0.312 e. The molecule has 102 valence electrons. The fourth-order valence-corrected chi connectivity index (χ4v) is 4.53. The highest BCUT2D eigenvalue weighted by Crippen LogP contribution is 2.24. The maximum Gasteiger partial charge on any atom is 0.245 e. The highest BCUT2D eigenvalue weighted by atomic mass is 32.2. The van der Waals surface area contributed by atoms with Gasteiger partial charge < -0.3 is 5.32 Å². The number of rotatable bonds is 2. The summed E-state index contributed by atoms with van der Waals surface area (Å²) in [6.07, 6.45) is 0. The molecule has 1 atom stereocenters. The van der Waals surface area contributed by atoms with Gasteiger partial charge in [0.05, 0.1) is 11.7 Å². The summed E-state index contributed by atoms with van der Waals surface area (Å²) in [5, 5.41) is 3.24. The smallest absolute Gasteiger partial charge is 0.245 e. The Morgan fingerprint density at radius 2 is 2.26 bits per heavy atom. The number of benzene rings is 1. The van der Waals surface area contributed by atoms with Crippen molar-refractivity contribution >= 4 is 32.8 Å². The van der Waals surface area contributed by atoms with Crippen LogP contribution >= 0.6 is 11.7 Å². The highest BCUT2D eigenvalue weighted by molar-refractivity contribution is 7.89. The molecule has 1 aromatic carbocycles. The lowest BCUT2D eigenvalue weighted by molar-refractivity contribution is 0.310. The van der Waals surface area contributed by atoms with Gasteiger partial charge in [0.2, 0.25) is 10.0 Å². The van der Waals surface area contributed by atoms with Crippen LogP contribution in [0.3, 0.4) is 0 Å². The van der Waals surface area contributed by atoms with Crippen LogP contribution in [0.1, 0.15) is 6.92 Å². The Hall–Kier alpha value is -1.09. The van der Waals surface area contributed by atoms with Gasteiger partial charge in [-0.2, -0.15) is 13.1 Å². The predicted octanol–water partition coefficient (Wildman–Crippen LogP) is 0.674. The van der Waals surface area contributed by atoms with Crippen LogP contribution in [0.5, 0.6) is 0 Å². The molecular weight excluding hydrogens is 284 g/mol. The Bertz CT molecular complexity index is 698. The van der Waals surface area contributed by atoms with Crippen LogP contribution in [-0.2, 0) is 10.0 Å². The van der Waals surface area contributed by atoms with Crippen molar-refractivity contribution in [1.82, 2.24) is 18.4 Å². The number of hydrogen-bond acceptors (Lipinski definition) is 6. The Labute approximate surface area is 115 Å². The molecule has 1 saturated heterocycles. The molecule has 3 rings (SSSR count). The first kappa shape index (κ1) is 12.9. The van der Waals surface area contributed by atoms with E-state index in [9.17, 15) is 8.42 Å². The lowest BCUT2D eigenvalue weighted by Crippen LogP contribution is -2.51. The summed E-state index contributed by atoms with van der Waals surface area (Å²) in [7, 11) is -3.49. The van der Waals surface area contributed by atoms with Crippen molar-refractivity contribution in [2.45, 2.75) is 17.9 Å². The van der Waals surface area contributed by atoms with Crippen LogP contribution in [0.15, 0.2) is 23.1 Å². The third-order valence-electron chi connectivity index (χ3n) is 3.20. The summed E-state index contributed by atoms with van der Waals surface area (Å²) in [6, 6.07) is 5.25. The van der Waals surface area contributed by atoms with Crippen LogP contribution in [-0.4, -0.2) is 47.1 Å². The Kier molecular flexibility index (Phi) is 3.25. The molecule has 0 spiro atoms. The van der Waals surface area contributed by atoms with Gasteiger partial charge in [-0.05, 0) is 19.1 Å². The number of fused-ring (bicyclic) bond motifs is 1. The highest BCUT2D eigenvalue weighted by Gasteiger charge is 2.30. The molecule has 19 heavy (non-hydrogen) atoms. The summed E-state index contributed by atoms with van der Waals surface area (Å²) in [5.41, 5.74) is 1.10. The third-order valence-corrected chi connectivity index (χ3v) is 5.64. The summed E-state index contributed by atoms with van der Waals surface area (Å²) in [6.45, 7) is 3.62. The van der Waals surface area contributed by atoms with Gasteiger partial charge in [0.15, 0.2) is 0 Å². The lowest BCUT2D eigenvalue weighted by atomic mass is 10.3. The van der Waals surface area contributed by atoms with E-state index in [1.165, 1.54) is 4.31 Å². The van der Waals surface area contributed by atoms with E-state index in [4.69, 9.17) is 0 Å². The summed E-state index contributed by atoms with van der Waals surface area (Å²) >= 11 is 1.04.